The van der Waals surface area contributed by atoms with Crippen LogP contribution in [0.1, 0.15) is 45.4 Å². The highest BCUT2D eigenvalue weighted by Gasteiger charge is 2.34. The van der Waals surface area contributed by atoms with Crippen molar-refractivity contribution < 1.29 is 5.11 Å². The van der Waals surface area contributed by atoms with Crippen LogP contribution in [0.5, 0.6) is 0 Å². The van der Waals surface area contributed by atoms with Gasteiger partial charge < -0.3 is 10.4 Å². The first kappa shape index (κ1) is 14.9. The summed E-state index contributed by atoms with van der Waals surface area (Å²) in [5.41, 5.74) is 0.975. The fraction of sp³-hybridized carbons (Fsp3) is 0.625. The molecule has 1 fully saturated rings. The molecule has 0 unspecified atom stereocenters. The van der Waals surface area contributed by atoms with E-state index < -0.39 is 0 Å². The van der Waals surface area contributed by atoms with E-state index in [1.165, 1.54) is 25.7 Å². The van der Waals surface area contributed by atoms with E-state index >= 15 is 0 Å². The van der Waals surface area contributed by atoms with Crippen LogP contribution in [0.4, 0.5) is 5.69 Å². The van der Waals surface area contributed by atoms with Gasteiger partial charge >= 0.3 is 0 Å². The molecule has 2 N–H and O–H groups in total. The molecule has 0 radical (unpaired) electrons. The smallest absolute Gasteiger partial charge is 0.0661 e. The zero-order valence-electron chi connectivity index (χ0n) is 11.7. The van der Waals surface area contributed by atoms with E-state index in [-0.39, 0.29) is 12.1 Å². The molecule has 0 atom stereocenters. The number of nitrogens with one attached hydrogen (secondary N) is 1. The van der Waals surface area contributed by atoms with Gasteiger partial charge in [-0.05, 0) is 49.8 Å². The maximum atomic E-state index is 9.81. The molecule has 1 saturated carbocycles. The summed E-state index contributed by atoms with van der Waals surface area (Å²) in [6.07, 6.45) is 7.21. The lowest BCUT2D eigenvalue weighted by atomic mass is 9.75. The molecule has 0 aliphatic heterocycles. The Labute approximate surface area is 124 Å². The Bertz CT molecular complexity index is 399. The Morgan fingerprint density at radius 2 is 2.11 bits per heavy atom. The molecular formula is C16H24BrNO. The lowest BCUT2D eigenvalue weighted by Gasteiger charge is -2.40. The topological polar surface area (TPSA) is 32.3 Å². The fourth-order valence-corrected chi connectivity index (χ4v) is 3.52. The highest BCUT2D eigenvalue weighted by Crippen LogP contribution is 2.36. The monoisotopic (exact) mass is 325 g/mol. The van der Waals surface area contributed by atoms with Gasteiger partial charge in [0.2, 0.25) is 0 Å². The van der Waals surface area contributed by atoms with Crippen molar-refractivity contribution in [3.63, 3.8) is 0 Å². The van der Waals surface area contributed by atoms with E-state index in [0.29, 0.717) is 0 Å². The predicted octanol–water partition coefficient (Wildman–Crippen LogP) is 4.58. The number of halogens is 1. The lowest BCUT2D eigenvalue weighted by molar-refractivity contribution is 0.148. The minimum Gasteiger partial charge on any atom is -0.394 e. The standard InChI is InChI=1S/C16H24BrNO/c1-2-4-13-7-9-16(12-19,10-8-13)18-15-6-3-5-14(17)11-15/h3,5-6,11,13,18-19H,2,4,7-10,12H2,1H3. The van der Waals surface area contributed by atoms with Gasteiger partial charge in [-0.3, -0.25) is 0 Å². The van der Waals surface area contributed by atoms with Gasteiger partial charge in [-0.15, -0.1) is 0 Å². The van der Waals surface area contributed by atoms with Crippen molar-refractivity contribution in [3.8, 4) is 0 Å². The first-order valence-electron chi connectivity index (χ1n) is 7.32. The third-order valence-electron chi connectivity index (χ3n) is 4.30. The van der Waals surface area contributed by atoms with Crippen LogP contribution in [0.2, 0.25) is 0 Å². The maximum Gasteiger partial charge on any atom is 0.0661 e. The number of aliphatic hydroxyl groups excluding tert-OH is 1. The summed E-state index contributed by atoms with van der Waals surface area (Å²) in [7, 11) is 0. The minimum absolute atomic E-state index is 0.120. The molecule has 0 bridgehead atoms. The van der Waals surface area contributed by atoms with Crippen molar-refractivity contribution >= 4 is 21.6 Å². The minimum atomic E-state index is -0.120. The number of benzene rings is 1. The second-order valence-corrected chi connectivity index (χ2v) is 6.72. The van der Waals surface area contributed by atoms with Crippen LogP contribution in [-0.4, -0.2) is 17.3 Å². The highest BCUT2D eigenvalue weighted by atomic mass is 79.9. The van der Waals surface area contributed by atoms with E-state index in [0.717, 1.165) is 28.9 Å². The van der Waals surface area contributed by atoms with E-state index in [4.69, 9.17) is 0 Å². The number of rotatable bonds is 5. The van der Waals surface area contributed by atoms with Crippen molar-refractivity contribution in [2.24, 2.45) is 5.92 Å². The van der Waals surface area contributed by atoms with Crippen molar-refractivity contribution in [2.75, 3.05) is 11.9 Å². The second kappa shape index (κ2) is 6.76. The largest absolute Gasteiger partial charge is 0.394 e. The predicted molar refractivity (Wildman–Crippen MR) is 84.4 cm³/mol. The van der Waals surface area contributed by atoms with Crippen molar-refractivity contribution in [2.45, 2.75) is 51.0 Å². The van der Waals surface area contributed by atoms with Crippen LogP contribution in [0, 0.1) is 5.92 Å². The van der Waals surface area contributed by atoms with Crippen LogP contribution < -0.4 is 5.32 Å². The molecule has 0 saturated heterocycles. The molecule has 106 valence electrons. The second-order valence-electron chi connectivity index (χ2n) is 5.81. The quantitative estimate of drug-likeness (QED) is 0.830. The Balaban J connectivity index is 2.00. The Morgan fingerprint density at radius 1 is 1.37 bits per heavy atom. The van der Waals surface area contributed by atoms with Crippen LogP contribution in [0.25, 0.3) is 0 Å². The molecule has 1 aliphatic rings. The van der Waals surface area contributed by atoms with E-state index in [1.54, 1.807) is 0 Å². The van der Waals surface area contributed by atoms with Gasteiger partial charge in [-0.1, -0.05) is 41.8 Å². The average Bonchev–Trinajstić information content (AvgIpc) is 2.42. The van der Waals surface area contributed by atoms with Crippen molar-refractivity contribution in [3.05, 3.63) is 28.7 Å². The summed E-state index contributed by atoms with van der Waals surface area (Å²) in [6, 6.07) is 8.20. The van der Waals surface area contributed by atoms with Crippen LogP contribution in [0.15, 0.2) is 28.7 Å². The van der Waals surface area contributed by atoms with Gasteiger partial charge in [0.1, 0.15) is 0 Å². The Kier molecular flexibility index (Phi) is 5.28. The molecular weight excluding hydrogens is 302 g/mol. The SMILES string of the molecule is CCCC1CCC(CO)(Nc2cccc(Br)c2)CC1. The molecule has 0 aromatic heterocycles. The van der Waals surface area contributed by atoms with Gasteiger partial charge in [-0.2, -0.15) is 0 Å². The summed E-state index contributed by atoms with van der Waals surface area (Å²) in [6.45, 7) is 2.48. The zero-order chi connectivity index (χ0) is 13.7. The molecule has 0 heterocycles. The summed E-state index contributed by atoms with van der Waals surface area (Å²) >= 11 is 3.49. The first-order valence-corrected chi connectivity index (χ1v) is 8.11. The number of anilines is 1. The van der Waals surface area contributed by atoms with E-state index in [1.807, 2.05) is 12.1 Å². The van der Waals surface area contributed by atoms with Gasteiger partial charge in [0.05, 0.1) is 12.1 Å². The summed E-state index contributed by atoms with van der Waals surface area (Å²) in [5.74, 6) is 0.856. The molecule has 2 rings (SSSR count). The summed E-state index contributed by atoms with van der Waals surface area (Å²) in [4.78, 5) is 0. The van der Waals surface area contributed by atoms with Crippen molar-refractivity contribution in [1.82, 2.24) is 0 Å². The van der Waals surface area contributed by atoms with Crippen LogP contribution >= 0.6 is 15.9 Å². The normalized spacial score (nSPS) is 27.2. The van der Waals surface area contributed by atoms with E-state index in [2.05, 4.69) is 40.3 Å². The number of hydrogen-bond donors (Lipinski definition) is 2. The summed E-state index contributed by atoms with van der Waals surface area (Å²) in [5, 5.41) is 13.4. The summed E-state index contributed by atoms with van der Waals surface area (Å²) < 4.78 is 1.07. The van der Waals surface area contributed by atoms with Crippen LogP contribution in [-0.2, 0) is 0 Å². The Hall–Kier alpha value is -0.540. The molecule has 1 aromatic rings. The number of hydrogen-bond acceptors (Lipinski definition) is 2. The third-order valence-corrected chi connectivity index (χ3v) is 4.79. The molecule has 1 aromatic carbocycles. The molecule has 19 heavy (non-hydrogen) atoms. The fourth-order valence-electron chi connectivity index (χ4n) is 3.12. The lowest BCUT2D eigenvalue weighted by Crippen LogP contribution is -2.45. The molecule has 3 heteroatoms. The zero-order valence-corrected chi connectivity index (χ0v) is 13.2. The first-order chi connectivity index (χ1) is 9.17. The maximum absolute atomic E-state index is 9.81. The number of aliphatic hydroxyl groups is 1. The van der Waals surface area contributed by atoms with Crippen LogP contribution in [0.3, 0.4) is 0 Å². The third kappa shape index (κ3) is 3.96. The van der Waals surface area contributed by atoms with Gasteiger partial charge in [0, 0.05) is 10.2 Å². The molecule has 0 amide bonds. The highest BCUT2D eigenvalue weighted by molar-refractivity contribution is 9.10. The average molecular weight is 326 g/mol. The van der Waals surface area contributed by atoms with Gasteiger partial charge in [-0.25, -0.2) is 0 Å². The Morgan fingerprint density at radius 3 is 2.68 bits per heavy atom. The molecule has 1 aliphatic carbocycles. The van der Waals surface area contributed by atoms with E-state index in [9.17, 15) is 5.11 Å². The van der Waals surface area contributed by atoms with Gasteiger partial charge in [0.15, 0.2) is 0 Å². The van der Waals surface area contributed by atoms with Crippen molar-refractivity contribution in [1.29, 1.82) is 0 Å². The molecule has 0 spiro atoms. The molecule has 2 nitrogen and oxygen atoms in total. The van der Waals surface area contributed by atoms with Gasteiger partial charge in [0.25, 0.3) is 0 Å².